The van der Waals surface area contributed by atoms with E-state index in [1.165, 1.54) is 11.3 Å². The first-order valence-corrected chi connectivity index (χ1v) is 8.27. The molecule has 0 bridgehead atoms. The van der Waals surface area contributed by atoms with Gasteiger partial charge in [0.1, 0.15) is 0 Å². The number of nitro groups is 1. The van der Waals surface area contributed by atoms with Gasteiger partial charge in [-0.25, -0.2) is 0 Å². The van der Waals surface area contributed by atoms with Gasteiger partial charge in [-0.05, 0) is 30.9 Å². The van der Waals surface area contributed by atoms with Gasteiger partial charge in [-0.2, -0.15) is 0 Å². The average Bonchev–Trinajstić information content (AvgIpc) is 3.24. The number of aryl methyl sites for hydroxylation is 1. The highest BCUT2D eigenvalue weighted by atomic mass is 32.1. The summed E-state index contributed by atoms with van der Waals surface area (Å²) < 4.78 is 5.61. The Hall–Kier alpha value is -2.58. The van der Waals surface area contributed by atoms with E-state index in [2.05, 4.69) is 15.5 Å². The lowest BCUT2D eigenvalue weighted by Crippen LogP contribution is -2.18. The number of hydrogen-bond donors (Lipinski definition) is 1. The summed E-state index contributed by atoms with van der Waals surface area (Å²) in [6.07, 6.45) is 0. The number of nitrogens with one attached hydrogen (secondary N) is 1. The minimum Gasteiger partial charge on any atom is -0.419 e. The van der Waals surface area contributed by atoms with Crippen molar-refractivity contribution in [3.63, 3.8) is 0 Å². The fourth-order valence-electron chi connectivity index (χ4n) is 2.28. The molecule has 0 fully saturated rings. The van der Waals surface area contributed by atoms with Crippen molar-refractivity contribution in [1.82, 2.24) is 15.5 Å². The van der Waals surface area contributed by atoms with Gasteiger partial charge in [0.05, 0.1) is 16.3 Å². The van der Waals surface area contributed by atoms with Crippen LogP contribution in [0.15, 0.2) is 40.1 Å². The van der Waals surface area contributed by atoms with Gasteiger partial charge in [0.2, 0.25) is 5.89 Å². The van der Waals surface area contributed by atoms with Crippen molar-refractivity contribution in [3.8, 4) is 10.8 Å². The van der Waals surface area contributed by atoms with Crippen molar-refractivity contribution < 1.29 is 9.34 Å². The molecule has 0 spiro atoms. The second-order valence-corrected chi connectivity index (χ2v) is 6.33. The first kappa shape index (κ1) is 16.3. The largest absolute Gasteiger partial charge is 0.419 e. The molecule has 0 saturated carbocycles. The Balaban J connectivity index is 1.66. The summed E-state index contributed by atoms with van der Waals surface area (Å²) in [5, 5.41) is 24.3. The van der Waals surface area contributed by atoms with Crippen LogP contribution in [-0.4, -0.2) is 15.1 Å². The highest BCUT2D eigenvalue weighted by molar-refractivity contribution is 7.13. The van der Waals surface area contributed by atoms with Crippen LogP contribution >= 0.6 is 11.3 Å². The zero-order valence-corrected chi connectivity index (χ0v) is 14.0. The maximum atomic E-state index is 11.0. The van der Waals surface area contributed by atoms with Gasteiger partial charge in [-0.1, -0.05) is 18.2 Å². The quantitative estimate of drug-likeness (QED) is 0.539. The van der Waals surface area contributed by atoms with E-state index in [1.54, 1.807) is 19.1 Å². The topological polar surface area (TPSA) is 94.1 Å². The second kappa shape index (κ2) is 6.90. The van der Waals surface area contributed by atoms with Gasteiger partial charge < -0.3 is 9.73 Å². The normalized spacial score (nSPS) is 12.2. The smallest absolute Gasteiger partial charge is 0.272 e. The van der Waals surface area contributed by atoms with Gasteiger partial charge in [0.25, 0.3) is 11.6 Å². The van der Waals surface area contributed by atoms with Crippen molar-refractivity contribution in [2.45, 2.75) is 26.4 Å². The van der Waals surface area contributed by atoms with Gasteiger partial charge in [0, 0.05) is 17.7 Å². The molecule has 0 amide bonds. The van der Waals surface area contributed by atoms with Crippen molar-refractivity contribution in [2.24, 2.45) is 0 Å². The molecule has 2 heterocycles. The van der Waals surface area contributed by atoms with Crippen molar-refractivity contribution in [3.05, 3.63) is 62.8 Å². The van der Waals surface area contributed by atoms with Crippen LogP contribution in [0.1, 0.15) is 30.0 Å². The molecule has 3 rings (SSSR count). The highest BCUT2D eigenvalue weighted by Gasteiger charge is 2.15. The van der Waals surface area contributed by atoms with Crippen LogP contribution in [0, 0.1) is 17.0 Å². The molecular formula is C16H16N4O3S. The maximum Gasteiger partial charge on any atom is 0.272 e. The molecule has 1 atom stereocenters. The second-order valence-electron chi connectivity index (χ2n) is 5.38. The highest BCUT2D eigenvalue weighted by Crippen LogP contribution is 2.25. The summed E-state index contributed by atoms with van der Waals surface area (Å²) in [4.78, 5) is 11.6. The number of rotatable bonds is 6. The van der Waals surface area contributed by atoms with Crippen LogP contribution in [0.5, 0.6) is 0 Å². The third kappa shape index (κ3) is 3.50. The van der Waals surface area contributed by atoms with E-state index in [0.717, 1.165) is 10.4 Å². The molecule has 3 aromatic rings. The Bertz CT molecular complexity index is 845. The summed E-state index contributed by atoms with van der Waals surface area (Å²) in [6, 6.07) is 9.00. The van der Waals surface area contributed by atoms with Crippen molar-refractivity contribution >= 4 is 17.0 Å². The first-order chi connectivity index (χ1) is 11.5. The molecule has 0 unspecified atom stereocenters. The predicted octanol–water partition coefficient (Wildman–Crippen LogP) is 3.87. The lowest BCUT2D eigenvalue weighted by molar-refractivity contribution is -0.385. The minimum atomic E-state index is -0.364. The molecule has 0 aliphatic carbocycles. The Morgan fingerprint density at radius 2 is 2.21 bits per heavy atom. The van der Waals surface area contributed by atoms with E-state index in [4.69, 9.17) is 4.42 Å². The van der Waals surface area contributed by atoms with Crippen molar-refractivity contribution in [1.29, 1.82) is 0 Å². The van der Waals surface area contributed by atoms with Gasteiger partial charge in [-0.15, -0.1) is 21.5 Å². The van der Waals surface area contributed by atoms with E-state index in [-0.39, 0.29) is 16.7 Å². The fourth-order valence-corrected chi connectivity index (χ4v) is 2.92. The zero-order valence-electron chi connectivity index (χ0n) is 13.2. The first-order valence-electron chi connectivity index (χ1n) is 7.39. The Labute approximate surface area is 142 Å². The van der Waals surface area contributed by atoms with Crippen LogP contribution < -0.4 is 5.32 Å². The molecule has 24 heavy (non-hydrogen) atoms. The minimum absolute atomic E-state index is 0.0820. The van der Waals surface area contributed by atoms with Crippen molar-refractivity contribution in [2.75, 3.05) is 0 Å². The van der Waals surface area contributed by atoms with E-state index >= 15 is 0 Å². The van der Waals surface area contributed by atoms with Crippen LogP contribution in [0.4, 0.5) is 5.69 Å². The average molecular weight is 344 g/mol. The monoisotopic (exact) mass is 344 g/mol. The van der Waals surface area contributed by atoms with E-state index < -0.39 is 0 Å². The molecule has 0 radical (unpaired) electrons. The van der Waals surface area contributed by atoms with E-state index in [1.807, 2.05) is 30.5 Å². The summed E-state index contributed by atoms with van der Waals surface area (Å²) >= 11 is 1.54. The van der Waals surface area contributed by atoms with Gasteiger partial charge >= 0.3 is 0 Å². The Morgan fingerprint density at radius 1 is 1.38 bits per heavy atom. The maximum absolute atomic E-state index is 11.0. The van der Waals surface area contributed by atoms with Crippen LogP contribution in [0.3, 0.4) is 0 Å². The third-order valence-corrected chi connectivity index (χ3v) is 4.55. The fraction of sp³-hybridized carbons (Fsp3) is 0.250. The Morgan fingerprint density at radius 3 is 2.92 bits per heavy atom. The van der Waals surface area contributed by atoms with Gasteiger partial charge in [-0.3, -0.25) is 10.1 Å². The molecular weight excluding hydrogens is 328 g/mol. The molecule has 0 aliphatic heterocycles. The Kier molecular flexibility index (Phi) is 4.68. The van der Waals surface area contributed by atoms with Gasteiger partial charge in [0.15, 0.2) is 0 Å². The summed E-state index contributed by atoms with van der Waals surface area (Å²) in [6.45, 7) is 4.05. The number of benzene rings is 1. The molecule has 1 aromatic carbocycles. The standard InChI is InChI=1S/C16H16N4O3S/c1-10-5-6-12(8-13(10)20(21)22)11(2)17-9-15-18-19-16(23-15)14-4-3-7-24-14/h3-8,11,17H,9H2,1-2H3/t11-/m0/s1. The van der Waals surface area contributed by atoms with E-state index in [0.29, 0.717) is 23.9 Å². The molecule has 1 N–H and O–H groups in total. The predicted molar refractivity (Wildman–Crippen MR) is 90.7 cm³/mol. The SMILES string of the molecule is Cc1ccc([C@H](C)NCc2nnc(-c3cccs3)o2)cc1[N+](=O)[O-]. The summed E-state index contributed by atoms with van der Waals surface area (Å²) in [7, 11) is 0. The molecule has 2 aromatic heterocycles. The molecule has 0 aliphatic rings. The van der Waals surface area contributed by atoms with Crippen LogP contribution in [0.2, 0.25) is 0 Å². The van der Waals surface area contributed by atoms with Crippen LogP contribution in [-0.2, 0) is 6.54 Å². The third-order valence-electron chi connectivity index (χ3n) is 3.69. The number of nitrogens with zero attached hydrogens (tertiary/aromatic N) is 3. The van der Waals surface area contributed by atoms with Crippen LogP contribution in [0.25, 0.3) is 10.8 Å². The number of hydrogen-bond acceptors (Lipinski definition) is 7. The number of thiophene rings is 1. The summed E-state index contributed by atoms with van der Waals surface area (Å²) in [5.41, 5.74) is 1.61. The summed E-state index contributed by atoms with van der Waals surface area (Å²) in [5.74, 6) is 0.979. The molecule has 124 valence electrons. The lowest BCUT2D eigenvalue weighted by atomic mass is 10.0. The molecule has 0 saturated heterocycles. The molecule has 8 heteroatoms. The molecule has 7 nitrogen and oxygen atoms in total. The number of nitro benzene ring substituents is 1. The number of aromatic nitrogens is 2. The van der Waals surface area contributed by atoms with E-state index in [9.17, 15) is 10.1 Å². The lowest BCUT2D eigenvalue weighted by Gasteiger charge is -2.13. The zero-order chi connectivity index (χ0) is 17.1.